The second kappa shape index (κ2) is 11.2. The Balaban J connectivity index is 1.64. The van der Waals surface area contributed by atoms with Gasteiger partial charge in [-0.05, 0) is 89.7 Å². The topological polar surface area (TPSA) is 134 Å². The van der Waals surface area contributed by atoms with Crippen molar-refractivity contribution in [1.82, 2.24) is 25.5 Å². The number of hydrogen-bond acceptors (Lipinski definition) is 9. The van der Waals surface area contributed by atoms with Gasteiger partial charge >= 0.3 is 0 Å². The van der Waals surface area contributed by atoms with Crippen LogP contribution in [0.2, 0.25) is 5.02 Å². The number of nitrogens with one attached hydrogen (secondary N) is 4. The highest BCUT2D eigenvalue weighted by Gasteiger charge is 2.26. The van der Waals surface area contributed by atoms with Gasteiger partial charge in [-0.2, -0.15) is 10.1 Å². The smallest absolute Gasteiger partial charge is 0.229 e. The normalized spacial score (nSPS) is 14.8. The van der Waals surface area contributed by atoms with E-state index >= 15 is 0 Å². The zero-order chi connectivity index (χ0) is 26.7. The molecule has 0 unspecified atom stereocenters. The molecule has 4 rings (SSSR count). The van der Waals surface area contributed by atoms with Crippen LogP contribution in [0.25, 0.3) is 0 Å². The third-order valence-electron chi connectivity index (χ3n) is 6.26. The van der Waals surface area contributed by atoms with Crippen LogP contribution in [0.4, 0.5) is 23.1 Å². The highest BCUT2D eigenvalue weighted by Crippen LogP contribution is 2.37. The zero-order valence-corrected chi connectivity index (χ0v) is 23.3. The van der Waals surface area contributed by atoms with Crippen molar-refractivity contribution in [3.63, 3.8) is 0 Å². The molecule has 0 amide bonds. The molecule has 10 nitrogen and oxygen atoms in total. The van der Waals surface area contributed by atoms with Crippen LogP contribution in [0, 0.1) is 6.92 Å². The van der Waals surface area contributed by atoms with Gasteiger partial charge < -0.3 is 20.7 Å². The van der Waals surface area contributed by atoms with Crippen molar-refractivity contribution < 1.29 is 13.2 Å². The molecule has 0 radical (unpaired) electrons. The van der Waals surface area contributed by atoms with Gasteiger partial charge in [0.05, 0.1) is 35.1 Å². The number of sulfone groups is 1. The molecular weight excluding hydrogens is 514 g/mol. The second-order valence-corrected chi connectivity index (χ2v) is 12.6. The Morgan fingerprint density at radius 3 is 2.49 bits per heavy atom. The average molecular weight is 548 g/mol. The van der Waals surface area contributed by atoms with Gasteiger partial charge in [0.25, 0.3) is 0 Å². The van der Waals surface area contributed by atoms with Crippen molar-refractivity contribution in [2.45, 2.75) is 69.8 Å². The Hall–Kier alpha value is -2.89. The Bertz CT molecular complexity index is 1350. The highest BCUT2D eigenvalue weighted by atomic mass is 35.5. The summed E-state index contributed by atoms with van der Waals surface area (Å²) in [5, 5.41) is 15.7. The van der Waals surface area contributed by atoms with Crippen LogP contribution in [0.1, 0.15) is 57.6 Å². The van der Waals surface area contributed by atoms with Gasteiger partial charge in [0, 0.05) is 0 Å². The summed E-state index contributed by atoms with van der Waals surface area (Å²) in [5.74, 6) is 1.74. The average Bonchev–Trinajstić information content (AvgIpc) is 3.32. The monoisotopic (exact) mass is 547 g/mol. The molecule has 12 heteroatoms. The fourth-order valence-electron chi connectivity index (χ4n) is 4.30. The van der Waals surface area contributed by atoms with Crippen molar-refractivity contribution in [2.75, 3.05) is 23.7 Å². The summed E-state index contributed by atoms with van der Waals surface area (Å²) >= 11 is 6.35. The molecule has 3 heterocycles. The highest BCUT2D eigenvalue weighted by molar-refractivity contribution is 7.92. The zero-order valence-electron chi connectivity index (χ0n) is 21.7. The summed E-state index contributed by atoms with van der Waals surface area (Å²) in [6, 6.07) is 4.18. The van der Waals surface area contributed by atoms with Gasteiger partial charge in [-0.1, -0.05) is 11.6 Å². The fourth-order valence-corrected chi connectivity index (χ4v) is 5.50. The number of halogens is 1. The number of H-pyrrole nitrogens is 1. The first-order valence-electron chi connectivity index (χ1n) is 12.4. The first-order valence-corrected chi connectivity index (χ1v) is 14.3. The number of anilines is 4. The second-order valence-electron chi connectivity index (χ2n) is 9.74. The van der Waals surface area contributed by atoms with E-state index in [1.54, 1.807) is 13.8 Å². The first-order chi connectivity index (χ1) is 17.6. The molecule has 0 aliphatic carbocycles. The van der Waals surface area contributed by atoms with E-state index in [0.29, 0.717) is 5.92 Å². The van der Waals surface area contributed by atoms with Crippen molar-refractivity contribution in [3.8, 4) is 5.75 Å². The van der Waals surface area contributed by atoms with Gasteiger partial charge in [-0.25, -0.2) is 13.4 Å². The lowest BCUT2D eigenvalue weighted by atomic mass is 9.87. The molecule has 1 aliphatic rings. The molecule has 1 fully saturated rings. The van der Waals surface area contributed by atoms with Crippen LogP contribution >= 0.6 is 11.6 Å². The van der Waals surface area contributed by atoms with Crippen LogP contribution in [-0.2, 0) is 9.84 Å². The summed E-state index contributed by atoms with van der Waals surface area (Å²) in [6.45, 7) is 11.3. The van der Waals surface area contributed by atoms with E-state index in [9.17, 15) is 8.42 Å². The van der Waals surface area contributed by atoms with Crippen molar-refractivity contribution in [1.29, 1.82) is 0 Å². The number of aryl methyl sites for hydroxylation is 1. The Labute approximate surface area is 222 Å². The van der Waals surface area contributed by atoms with E-state index in [2.05, 4.69) is 55.2 Å². The van der Waals surface area contributed by atoms with Gasteiger partial charge in [-0.3, -0.25) is 5.10 Å². The molecule has 2 aromatic heterocycles. The molecule has 37 heavy (non-hydrogen) atoms. The third kappa shape index (κ3) is 6.16. The summed E-state index contributed by atoms with van der Waals surface area (Å²) in [4.78, 5) is 8.83. The van der Waals surface area contributed by atoms with Crippen LogP contribution in [-0.4, -0.2) is 53.0 Å². The number of benzene rings is 1. The Morgan fingerprint density at radius 2 is 1.81 bits per heavy atom. The minimum Gasteiger partial charge on any atom is -0.489 e. The van der Waals surface area contributed by atoms with Crippen LogP contribution in [0.3, 0.4) is 0 Å². The van der Waals surface area contributed by atoms with Crippen molar-refractivity contribution in [2.24, 2.45) is 0 Å². The van der Waals surface area contributed by atoms with Crippen molar-refractivity contribution in [3.05, 3.63) is 40.7 Å². The predicted molar refractivity (Wildman–Crippen MR) is 146 cm³/mol. The third-order valence-corrected chi connectivity index (χ3v) is 8.66. The van der Waals surface area contributed by atoms with E-state index in [1.165, 1.54) is 23.5 Å². The standard InChI is InChI=1S/C25H34ClN7O3S/c1-14(2)36-22-11-18(17-6-8-27-9-7-17)16(5)10-20(22)31-25-28-12-19(26)23(32-25)30-21-13-29-33-24(21)37(34,35)15(3)4/h10-15,17,27H,6-9H2,1-5H3,(H,29,33)(H2,28,30,31,32). The summed E-state index contributed by atoms with van der Waals surface area (Å²) in [7, 11) is -3.59. The van der Waals surface area contributed by atoms with Gasteiger partial charge in [0.15, 0.2) is 20.7 Å². The summed E-state index contributed by atoms with van der Waals surface area (Å²) in [5.41, 5.74) is 3.45. The number of ether oxygens (including phenoxy) is 1. The number of aromatic amines is 1. The summed E-state index contributed by atoms with van der Waals surface area (Å²) < 4.78 is 31.5. The molecule has 4 N–H and O–H groups in total. The lowest BCUT2D eigenvalue weighted by Crippen LogP contribution is -2.27. The maximum Gasteiger partial charge on any atom is 0.229 e. The molecule has 1 aliphatic heterocycles. The van der Waals surface area contributed by atoms with E-state index in [1.807, 2.05) is 13.8 Å². The van der Waals surface area contributed by atoms with Crippen LogP contribution in [0.15, 0.2) is 29.6 Å². The summed E-state index contributed by atoms with van der Waals surface area (Å²) in [6.07, 6.45) is 5.00. The SMILES string of the molecule is Cc1cc(Nc2ncc(Cl)c(Nc3cn[nH]c3S(=O)(=O)C(C)C)n2)c(OC(C)C)cc1C1CCNCC1. The molecule has 0 atom stereocenters. The minimum absolute atomic E-state index is 0.0186. The number of hydrogen-bond donors (Lipinski definition) is 4. The lowest BCUT2D eigenvalue weighted by Gasteiger charge is -2.26. The van der Waals surface area contributed by atoms with Crippen molar-refractivity contribution >= 4 is 44.6 Å². The minimum atomic E-state index is -3.59. The number of aromatic nitrogens is 4. The van der Waals surface area contributed by atoms with Crippen LogP contribution < -0.4 is 20.7 Å². The number of piperidine rings is 1. The molecule has 3 aromatic rings. The first kappa shape index (κ1) is 27.2. The molecule has 0 saturated carbocycles. The predicted octanol–water partition coefficient (Wildman–Crippen LogP) is 5.09. The number of nitrogens with zero attached hydrogens (tertiary/aromatic N) is 3. The van der Waals surface area contributed by atoms with Crippen LogP contribution in [0.5, 0.6) is 5.75 Å². The molecule has 1 aromatic carbocycles. The van der Waals surface area contributed by atoms with Gasteiger partial charge in [-0.15, -0.1) is 0 Å². The maximum absolute atomic E-state index is 12.7. The van der Waals surface area contributed by atoms with E-state index in [-0.39, 0.29) is 33.6 Å². The van der Waals surface area contributed by atoms with E-state index < -0.39 is 15.1 Å². The lowest BCUT2D eigenvalue weighted by molar-refractivity contribution is 0.243. The Kier molecular flexibility index (Phi) is 8.25. The molecule has 1 saturated heterocycles. The Morgan fingerprint density at radius 1 is 1.08 bits per heavy atom. The van der Waals surface area contributed by atoms with E-state index in [4.69, 9.17) is 16.3 Å². The molecule has 0 spiro atoms. The quantitative estimate of drug-likeness (QED) is 0.289. The molecule has 200 valence electrons. The van der Waals surface area contributed by atoms with Gasteiger partial charge in [0.2, 0.25) is 5.95 Å². The number of rotatable bonds is 9. The molecular formula is C25H34ClN7O3S. The largest absolute Gasteiger partial charge is 0.489 e. The van der Waals surface area contributed by atoms with Gasteiger partial charge in [0.1, 0.15) is 10.8 Å². The van der Waals surface area contributed by atoms with E-state index in [0.717, 1.165) is 37.4 Å². The maximum atomic E-state index is 12.7. The fraction of sp³-hybridized carbons (Fsp3) is 0.480. The molecule has 0 bridgehead atoms.